The Kier molecular flexibility index (Phi) is 4.10. The van der Waals surface area contributed by atoms with Crippen LogP contribution >= 0.6 is 0 Å². The van der Waals surface area contributed by atoms with E-state index in [0.29, 0.717) is 5.69 Å². The second-order valence-electron chi connectivity index (χ2n) is 9.35. The number of alkyl halides is 3. The number of benzene rings is 1. The third-order valence-corrected chi connectivity index (χ3v) is 6.73. The minimum Gasteiger partial charge on any atom is -0.360 e. The Morgan fingerprint density at radius 3 is 2.50 bits per heavy atom. The number of aryl methyl sites for hydroxylation is 1. The molecule has 1 saturated heterocycles. The van der Waals surface area contributed by atoms with Crippen LogP contribution in [0.4, 0.5) is 19.0 Å². The van der Waals surface area contributed by atoms with Crippen molar-refractivity contribution in [3.8, 4) is 11.3 Å². The highest BCUT2D eigenvalue weighted by molar-refractivity contribution is 5.86. The zero-order chi connectivity index (χ0) is 22.1. The fraction of sp³-hybridized carbons (Fsp3) is 0.360. The van der Waals surface area contributed by atoms with E-state index in [1.54, 1.807) is 6.07 Å². The van der Waals surface area contributed by atoms with Gasteiger partial charge in [-0.1, -0.05) is 35.5 Å². The van der Waals surface area contributed by atoms with Gasteiger partial charge in [0, 0.05) is 41.7 Å². The van der Waals surface area contributed by atoms with E-state index in [1.807, 2.05) is 19.2 Å². The van der Waals surface area contributed by atoms with Gasteiger partial charge in [0.2, 0.25) is 0 Å². The Balaban J connectivity index is 1.33. The SMILES string of the molecule is Cc1ccc(N2CC3(C=C(c4c(-c5ccccc5C(F)(F)F)noc4C4CC4)C3)C2)nc1. The number of hydrogen-bond acceptors (Lipinski definition) is 4. The summed E-state index contributed by atoms with van der Waals surface area (Å²) in [6.45, 7) is 3.75. The van der Waals surface area contributed by atoms with Crippen LogP contribution in [0.15, 0.2) is 53.2 Å². The predicted molar refractivity (Wildman–Crippen MR) is 115 cm³/mol. The van der Waals surface area contributed by atoms with Crippen molar-refractivity contribution in [3.05, 3.63) is 71.1 Å². The summed E-state index contributed by atoms with van der Waals surface area (Å²) in [6, 6.07) is 9.72. The lowest BCUT2D eigenvalue weighted by atomic mass is 9.63. The molecule has 0 N–H and O–H groups in total. The normalized spacial score (nSPS) is 19.5. The zero-order valence-corrected chi connectivity index (χ0v) is 17.6. The topological polar surface area (TPSA) is 42.2 Å². The standard InChI is InChI=1S/C25H22F3N3O/c1-15-6-9-20(29-12-15)31-13-24(14-31)10-17(11-24)21-22(30-32-23(21)16-7-8-16)18-4-2-3-5-19(18)25(26,27)28/h2-6,9-10,12,16H,7-8,11,13-14H2,1H3. The van der Waals surface area contributed by atoms with E-state index < -0.39 is 11.7 Å². The van der Waals surface area contributed by atoms with Crippen molar-refractivity contribution in [3.63, 3.8) is 0 Å². The molecule has 32 heavy (non-hydrogen) atoms. The largest absolute Gasteiger partial charge is 0.417 e. The van der Waals surface area contributed by atoms with Crippen molar-refractivity contribution >= 4 is 11.4 Å². The Bertz CT molecular complexity index is 1220. The van der Waals surface area contributed by atoms with Crippen molar-refractivity contribution in [2.75, 3.05) is 18.0 Å². The fourth-order valence-corrected chi connectivity index (χ4v) is 4.96. The number of nitrogens with zero attached hydrogens (tertiary/aromatic N) is 3. The molecule has 0 bridgehead atoms. The van der Waals surface area contributed by atoms with Crippen LogP contribution in [-0.4, -0.2) is 23.2 Å². The first-order valence-corrected chi connectivity index (χ1v) is 10.9. The van der Waals surface area contributed by atoms with Crippen molar-refractivity contribution in [2.45, 2.75) is 38.3 Å². The van der Waals surface area contributed by atoms with Crippen LogP contribution < -0.4 is 4.90 Å². The highest BCUT2D eigenvalue weighted by Gasteiger charge is 2.50. The molecule has 0 atom stereocenters. The zero-order valence-electron chi connectivity index (χ0n) is 17.6. The molecule has 164 valence electrons. The molecular formula is C25H22F3N3O. The van der Waals surface area contributed by atoms with Crippen molar-refractivity contribution in [1.29, 1.82) is 0 Å². The quantitative estimate of drug-likeness (QED) is 0.485. The molecule has 3 heterocycles. The van der Waals surface area contributed by atoms with Gasteiger partial charge >= 0.3 is 6.18 Å². The number of aromatic nitrogens is 2. The molecule has 2 fully saturated rings. The molecule has 0 amide bonds. The summed E-state index contributed by atoms with van der Waals surface area (Å²) >= 11 is 0. The molecule has 0 unspecified atom stereocenters. The van der Waals surface area contributed by atoms with Crippen LogP contribution in [0.25, 0.3) is 16.8 Å². The van der Waals surface area contributed by atoms with Crippen LogP contribution in [0, 0.1) is 12.3 Å². The molecule has 0 radical (unpaired) electrons. The highest BCUT2D eigenvalue weighted by Crippen LogP contribution is 2.56. The second-order valence-corrected chi connectivity index (χ2v) is 9.35. The lowest BCUT2D eigenvalue weighted by Gasteiger charge is -2.54. The predicted octanol–water partition coefficient (Wildman–Crippen LogP) is 6.23. The Morgan fingerprint density at radius 1 is 1.09 bits per heavy atom. The molecule has 1 aliphatic heterocycles. The van der Waals surface area contributed by atoms with Crippen LogP contribution in [0.5, 0.6) is 0 Å². The minimum atomic E-state index is -4.45. The van der Waals surface area contributed by atoms with E-state index in [-0.39, 0.29) is 16.9 Å². The summed E-state index contributed by atoms with van der Waals surface area (Å²) in [5.74, 6) is 1.97. The van der Waals surface area contributed by atoms with E-state index in [1.165, 1.54) is 12.1 Å². The maximum absolute atomic E-state index is 13.7. The van der Waals surface area contributed by atoms with E-state index in [0.717, 1.165) is 66.7 Å². The van der Waals surface area contributed by atoms with Gasteiger partial charge in [-0.3, -0.25) is 0 Å². The number of pyridine rings is 1. The van der Waals surface area contributed by atoms with Crippen molar-refractivity contribution < 1.29 is 17.7 Å². The van der Waals surface area contributed by atoms with Gasteiger partial charge in [-0.25, -0.2) is 4.98 Å². The van der Waals surface area contributed by atoms with Gasteiger partial charge in [-0.2, -0.15) is 13.2 Å². The van der Waals surface area contributed by atoms with E-state index >= 15 is 0 Å². The van der Waals surface area contributed by atoms with Crippen LogP contribution in [-0.2, 0) is 6.18 Å². The fourth-order valence-electron chi connectivity index (χ4n) is 4.96. The monoisotopic (exact) mass is 437 g/mol. The molecule has 4 nitrogen and oxygen atoms in total. The highest BCUT2D eigenvalue weighted by atomic mass is 19.4. The summed E-state index contributed by atoms with van der Waals surface area (Å²) < 4.78 is 46.7. The van der Waals surface area contributed by atoms with Crippen LogP contribution in [0.3, 0.4) is 0 Å². The summed E-state index contributed by atoms with van der Waals surface area (Å²) in [4.78, 5) is 6.74. The van der Waals surface area contributed by atoms with Gasteiger partial charge in [-0.05, 0) is 49.5 Å². The molecular weight excluding hydrogens is 415 g/mol. The number of hydrogen-bond donors (Lipinski definition) is 0. The molecule has 3 aliphatic rings. The van der Waals surface area contributed by atoms with E-state index in [9.17, 15) is 13.2 Å². The average Bonchev–Trinajstić information content (AvgIpc) is 3.46. The molecule has 7 heteroatoms. The van der Waals surface area contributed by atoms with E-state index in [2.05, 4.69) is 27.2 Å². The summed E-state index contributed by atoms with van der Waals surface area (Å²) in [5.41, 5.74) is 2.75. The first-order chi connectivity index (χ1) is 15.3. The molecule has 1 spiro atoms. The number of rotatable bonds is 4. The summed E-state index contributed by atoms with van der Waals surface area (Å²) in [5, 5.41) is 4.15. The van der Waals surface area contributed by atoms with Gasteiger partial charge in [0.25, 0.3) is 0 Å². The van der Waals surface area contributed by atoms with Gasteiger partial charge < -0.3 is 9.42 Å². The summed E-state index contributed by atoms with van der Waals surface area (Å²) in [7, 11) is 0. The molecule has 1 saturated carbocycles. The van der Waals surface area contributed by atoms with Gasteiger partial charge in [0.1, 0.15) is 17.3 Å². The van der Waals surface area contributed by atoms with Crippen molar-refractivity contribution in [1.82, 2.24) is 10.1 Å². The third kappa shape index (κ3) is 3.14. The Hall–Kier alpha value is -3.09. The lowest BCUT2D eigenvalue weighted by Crippen LogP contribution is -2.58. The van der Waals surface area contributed by atoms with E-state index in [4.69, 9.17) is 4.52 Å². The molecule has 2 aliphatic carbocycles. The second kappa shape index (κ2) is 6.70. The molecule has 6 rings (SSSR count). The van der Waals surface area contributed by atoms with Gasteiger partial charge in [-0.15, -0.1) is 0 Å². The maximum Gasteiger partial charge on any atom is 0.417 e. The third-order valence-electron chi connectivity index (χ3n) is 6.73. The summed E-state index contributed by atoms with van der Waals surface area (Å²) in [6.07, 6.45) is 2.44. The first kappa shape index (κ1) is 19.6. The minimum absolute atomic E-state index is 0.0564. The Morgan fingerprint density at radius 2 is 1.84 bits per heavy atom. The van der Waals surface area contributed by atoms with Crippen molar-refractivity contribution in [2.24, 2.45) is 5.41 Å². The van der Waals surface area contributed by atoms with Gasteiger partial charge in [0.15, 0.2) is 0 Å². The number of halogens is 3. The molecule has 3 aromatic rings. The van der Waals surface area contributed by atoms with Gasteiger partial charge in [0.05, 0.1) is 5.56 Å². The number of anilines is 1. The Labute approximate surface area is 183 Å². The maximum atomic E-state index is 13.7. The van der Waals surface area contributed by atoms with Crippen LogP contribution in [0.2, 0.25) is 0 Å². The van der Waals surface area contributed by atoms with Crippen LogP contribution in [0.1, 0.15) is 47.6 Å². The molecule has 2 aromatic heterocycles. The first-order valence-electron chi connectivity index (χ1n) is 10.9. The average molecular weight is 437 g/mol. The number of allylic oxidation sites excluding steroid dienone is 1. The molecule has 1 aromatic carbocycles. The lowest BCUT2D eigenvalue weighted by molar-refractivity contribution is -0.137. The smallest absolute Gasteiger partial charge is 0.360 e.